The third kappa shape index (κ3) is 5.20. The van der Waals surface area contributed by atoms with Crippen molar-refractivity contribution < 1.29 is 13.5 Å². The molecule has 1 aliphatic heterocycles. The first-order chi connectivity index (χ1) is 13.0. The smallest absolute Gasteiger partial charge is 0.133 e. The number of alkyl halides is 1. The second-order valence-corrected chi connectivity index (χ2v) is 7.91. The highest BCUT2D eigenvalue weighted by atomic mass is 79.9. The average Bonchev–Trinajstić information content (AvgIpc) is 2.64. The number of rotatable bonds is 6. The maximum absolute atomic E-state index is 13.8. The van der Waals surface area contributed by atoms with Gasteiger partial charge in [-0.25, -0.2) is 8.78 Å². The highest BCUT2D eigenvalue weighted by molar-refractivity contribution is 9.11. The number of ether oxygens (including phenoxy) is 1. The SMILES string of the molecule is CC1=CC(OCc2ccc(F)cc2F)=C(Br)CN1Cc1cccc(CBr)c1. The van der Waals surface area contributed by atoms with Crippen molar-refractivity contribution in [2.45, 2.75) is 25.4 Å². The van der Waals surface area contributed by atoms with Gasteiger partial charge in [0.25, 0.3) is 0 Å². The van der Waals surface area contributed by atoms with Crippen LogP contribution in [-0.2, 0) is 23.2 Å². The zero-order chi connectivity index (χ0) is 19.4. The molecule has 6 heteroatoms. The predicted molar refractivity (Wildman–Crippen MR) is 110 cm³/mol. The Morgan fingerprint density at radius 3 is 2.63 bits per heavy atom. The molecule has 0 N–H and O–H groups in total. The second-order valence-electron chi connectivity index (χ2n) is 6.39. The van der Waals surface area contributed by atoms with E-state index >= 15 is 0 Å². The van der Waals surface area contributed by atoms with Crippen LogP contribution >= 0.6 is 31.9 Å². The van der Waals surface area contributed by atoms with Gasteiger partial charge in [0.1, 0.15) is 24.0 Å². The van der Waals surface area contributed by atoms with E-state index in [0.29, 0.717) is 17.9 Å². The van der Waals surface area contributed by atoms with Crippen LogP contribution in [0.4, 0.5) is 8.78 Å². The molecule has 0 radical (unpaired) electrons. The standard InChI is InChI=1S/C21H19Br2F2NO/c1-14-7-21(27-13-17-5-6-18(24)9-20(17)25)19(23)12-26(14)11-16-4-2-3-15(8-16)10-22/h2-9H,10-13H2,1H3. The highest BCUT2D eigenvalue weighted by Crippen LogP contribution is 2.28. The Morgan fingerprint density at radius 1 is 1.11 bits per heavy atom. The average molecular weight is 499 g/mol. The van der Waals surface area contributed by atoms with Crippen LogP contribution in [0.1, 0.15) is 23.6 Å². The van der Waals surface area contributed by atoms with Gasteiger partial charge in [-0.2, -0.15) is 0 Å². The van der Waals surface area contributed by atoms with Gasteiger partial charge in [-0.15, -0.1) is 0 Å². The zero-order valence-corrected chi connectivity index (χ0v) is 18.0. The van der Waals surface area contributed by atoms with Crippen molar-refractivity contribution in [1.29, 1.82) is 0 Å². The molecule has 0 saturated carbocycles. The summed E-state index contributed by atoms with van der Waals surface area (Å²) in [5.41, 5.74) is 3.87. The van der Waals surface area contributed by atoms with E-state index < -0.39 is 11.6 Å². The van der Waals surface area contributed by atoms with Gasteiger partial charge in [0.15, 0.2) is 0 Å². The summed E-state index contributed by atoms with van der Waals surface area (Å²) >= 11 is 7.06. The van der Waals surface area contributed by atoms with E-state index in [1.54, 1.807) is 0 Å². The Hall–Kier alpha value is -1.66. The van der Waals surface area contributed by atoms with Crippen molar-refractivity contribution in [1.82, 2.24) is 4.90 Å². The minimum Gasteiger partial charge on any atom is -0.488 e. The van der Waals surface area contributed by atoms with E-state index in [1.807, 2.05) is 13.0 Å². The lowest BCUT2D eigenvalue weighted by Crippen LogP contribution is -2.26. The molecule has 0 atom stereocenters. The van der Waals surface area contributed by atoms with Crippen molar-refractivity contribution >= 4 is 31.9 Å². The monoisotopic (exact) mass is 497 g/mol. The Kier molecular flexibility index (Phi) is 6.71. The molecule has 142 valence electrons. The van der Waals surface area contributed by atoms with Crippen LogP contribution in [0.25, 0.3) is 0 Å². The molecule has 1 aliphatic rings. The normalized spacial score (nSPS) is 14.4. The van der Waals surface area contributed by atoms with E-state index in [2.05, 4.69) is 61.0 Å². The number of allylic oxidation sites excluding steroid dienone is 2. The van der Waals surface area contributed by atoms with Gasteiger partial charge in [-0.3, -0.25) is 0 Å². The summed E-state index contributed by atoms with van der Waals surface area (Å²) in [4.78, 5) is 2.24. The summed E-state index contributed by atoms with van der Waals surface area (Å²) < 4.78 is 33.4. The van der Waals surface area contributed by atoms with E-state index in [-0.39, 0.29) is 6.61 Å². The minimum absolute atomic E-state index is 0.0492. The fourth-order valence-corrected chi connectivity index (χ4v) is 3.74. The lowest BCUT2D eigenvalue weighted by molar-refractivity contribution is 0.197. The van der Waals surface area contributed by atoms with Crippen LogP contribution in [-0.4, -0.2) is 11.4 Å². The van der Waals surface area contributed by atoms with Crippen molar-refractivity contribution in [3.8, 4) is 0 Å². The van der Waals surface area contributed by atoms with Crippen LogP contribution in [0.2, 0.25) is 0 Å². The number of hydrogen-bond donors (Lipinski definition) is 0. The fraction of sp³-hybridized carbons (Fsp3) is 0.238. The van der Waals surface area contributed by atoms with E-state index in [9.17, 15) is 8.78 Å². The highest BCUT2D eigenvalue weighted by Gasteiger charge is 2.18. The van der Waals surface area contributed by atoms with Crippen LogP contribution in [0.15, 0.2) is 64.5 Å². The van der Waals surface area contributed by atoms with E-state index in [4.69, 9.17) is 4.74 Å². The summed E-state index contributed by atoms with van der Waals surface area (Å²) in [6, 6.07) is 12.0. The van der Waals surface area contributed by atoms with Crippen LogP contribution in [0, 0.1) is 11.6 Å². The number of benzene rings is 2. The summed E-state index contributed by atoms with van der Waals surface area (Å²) in [6.45, 7) is 3.53. The molecule has 0 unspecified atom stereocenters. The maximum atomic E-state index is 13.8. The summed E-state index contributed by atoms with van der Waals surface area (Å²) in [5.74, 6) is -0.525. The fourth-order valence-electron chi connectivity index (χ4n) is 2.86. The lowest BCUT2D eigenvalue weighted by atomic mass is 10.1. The quantitative estimate of drug-likeness (QED) is 0.427. The molecule has 0 amide bonds. The molecular formula is C21H19Br2F2NO. The molecule has 2 aromatic carbocycles. The third-order valence-corrected chi connectivity index (χ3v) is 5.64. The first-order valence-electron chi connectivity index (χ1n) is 8.48. The summed E-state index contributed by atoms with van der Waals surface area (Å²) in [6.07, 6.45) is 1.93. The minimum atomic E-state index is -0.600. The van der Waals surface area contributed by atoms with Gasteiger partial charge in [0.05, 0.1) is 11.0 Å². The van der Waals surface area contributed by atoms with Gasteiger partial charge in [-0.1, -0.05) is 40.2 Å². The largest absolute Gasteiger partial charge is 0.488 e. The third-order valence-electron chi connectivity index (χ3n) is 4.35. The molecule has 2 aromatic rings. The Morgan fingerprint density at radius 2 is 1.89 bits per heavy atom. The Bertz CT molecular complexity index is 896. The van der Waals surface area contributed by atoms with Crippen LogP contribution in [0.3, 0.4) is 0 Å². The molecular weight excluding hydrogens is 480 g/mol. The number of halogens is 4. The molecule has 0 spiro atoms. The topological polar surface area (TPSA) is 12.5 Å². The number of hydrogen-bond acceptors (Lipinski definition) is 2. The van der Waals surface area contributed by atoms with Crippen molar-refractivity contribution in [3.63, 3.8) is 0 Å². The Balaban J connectivity index is 1.66. The van der Waals surface area contributed by atoms with Crippen molar-refractivity contribution in [2.75, 3.05) is 6.54 Å². The second kappa shape index (κ2) is 9.02. The predicted octanol–water partition coefficient (Wildman–Crippen LogP) is 6.40. The van der Waals surface area contributed by atoms with E-state index in [0.717, 1.165) is 28.1 Å². The molecule has 3 rings (SSSR count). The Labute approximate surface area is 174 Å². The van der Waals surface area contributed by atoms with Crippen LogP contribution in [0.5, 0.6) is 0 Å². The van der Waals surface area contributed by atoms with Crippen LogP contribution < -0.4 is 0 Å². The van der Waals surface area contributed by atoms with Gasteiger partial charge in [0, 0.05) is 29.2 Å². The molecule has 0 saturated heterocycles. The summed E-state index contributed by atoms with van der Waals surface area (Å²) in [5, 5.41) is 0.831. The maximum Gasteiger partial charge on any atom is 0.133 e. The van der Waals surface area contributed by atoms with E-state index in [1.165, 1.54) is 23.3 Å². The van der Waals surface area contributed by atoms with Gasteiger partial charge < -0.3 is 9.64 Å². The van der Waals surface area contributed by atoms with Crippen molar-refractivity contribution in [2.24, 2.45) is 0 Å². The molecule has 0 aromatic heterocycles. The molecule has 2 nitrogen and oxygen atoms in total. The molecule has 27 heavy (non-hydrogen) atoms. The molecule has 1 heterocycles. The molecule has 0 bridgehead atoms. The van der Waals surface area contributed by atoms with Gasteiger partial charge >= 0.3 is 0 Å². The molecule has 0 aliphatic carbocycles. The van der Waals surface area contributed by atoms with Gasteiger partial charge in [0.2, 0.25) is 0 Å². The lowest BCUT2D eigenvalue weighted by Gasteiger charge is -2.30. The van der Waals surface area contributed by atoms with Crippen molar-refractivity contribution in [3.05, 3.63) is 92.8 Å². The number of nitrogens with zero attached hydrogens (tertiary/aromatic N) is 1. The first-order valence-corrected chi connectivity index (χ1v) is 10.4. The molecule has 0 fully saturated rings. The van der Waals surface area contributed by atoms with Gasteiger partial charge in [-0.05, 0) is 52.2 Å². The zero-order valence-electron chi connectivity index (χ0n) is 14.8. The first kappa shape index (κ1) is 20.1. The summed E-state index contributed by atoms with van der Waals surface area (Å²) in [7, 11) is 0.